The second-order valence-electron chi connectivity index (χ2n) is 2.03. The summed E-state index contributed by atoms with van der Waals surface area (Å²) in [6.45, 7) is 0. The zero-order chi connectivity index (χ0) is 9.99. The molecule has 0 unspecified atom stereocenters. The van der Waals surface area contributed by atoms with Crippen LogP contribution in [0.1, 0.15) is 0 Å². The molecule has 0 aromatic heterocycles. The predicted molar refractivity (Wildman–Crippen MR) is 54.7 cm³/mol. The van der Waals surface area contributed by atoms with Crippen molar-refractivity contribution in [3.63, 3.8) is 0 Å². The molecule has 72 valence electrons. The van der Waals surface area contributed by atoms with Gasteiger partial charge in [-0.2, -0.15) is 3.71 Å². The standard InChI is InChI=1S/C4H8INO4S2/c1-11(7,8)6(4-3-5)12(2,9)10/h3-4H,1-2H3. The van der Waals surface area contributed by atoms with Gasteiger partial charge in [-0.15, -0.1) is 0 Å². The first-order valence-corrected chi connectivity index (χ1v) is 7.60. The number of rotatable bonds is 3. The number of hydrogen-bond donors (Lipinski definition) is 0. The lowest BCUT2D eigenvalue weighted by Crippen LogP contribution is -2.30. The highest BCUT2D eigenvalue weighted by atomic mass is 127. The van der Waals surface area contributed by atoms with Crippen LogP contribution in [0.15, 0.2) is 10.3 Å². The Bertz CT molecular complexity index is 336. The molecule has 0 N–H and O–H groups in total. The van der Waals surface area contributed by atoms with E-state index in [1.807, 2.05) is 0 Å². The molecule has 0 aromatic rings. The van der Waals surface area contributed by atoms with E-state index in [1.165, 1.54) is 4.08 Å². The summed E-state index contributed by atoms with van der Waals surface area (Å²) < 4.78 is 45.1. The Labute approximate surface area is 85.7 Å². The summed E-state index contributed by atoms with van der Waals surface area (Å²) in [6, 6.07) is 0. The van der Waals surface area contributed by atoms with E-state index in [0.29, 0.717) is 3.71 Å². The molecule has 0 amide bonds. The number of halogens is 1. The van der Waals surface area contributed by atoms with E-state index >= 15 is 0 Å². The van der Waals surface area contributed by atoms with E-state index in [0.717, 1.165) is 18.7 Å². The second-order valence-corrected chi connectivity index (χ2v) is 6.70. The lowest BCUT2D eigenvalue weighted by atomic mass is 11.1. The second kappa shape index (κ2) is 3.92. The minimum absolute atomic E-state index is 0.312. The van der Waals surface area contributed by atoms with Crippen LogP contribution in [0.25, 0.3) is 0 Å². The summed E-state index contributed by atoms with van der Waals surface area (Å²) in [4.78, 5) is 0. The molecule has 0 aliphatic carbocycles. The molecule has 12 heavy (non-hydrogen) atoms. The van der Waals surface area contributed by atoms with Crippen LogP contribution < -0.4 is 0 Å². The Morgan fingerprint density at radius 1 is 1.08 bits per heavy atom. The van der Waals surface area contributed by atoms with E-state index in [4.69, 9.17) is 0 Å². The zero-order valence-corrected chi connectivity index (χ0v) is 10.2. The van der Waals surface area contributed by atoms with Gasteiger partial charge >= 0.3 is 0 Å². The molecule has 0 saturated carbocycles. The van der Waals surface area contributed by atoms with Crippen LogP contribution in [0.2, 0.25) is 0 Å². The zero-order valence-electron chi connectivity index (χ0n) is 6.43. The molecule has 0 aliphatic heterocycles. The van der Waals surface area contributed by atoms with Crippen LogP contribution in [-0.2, 0) is 20.0 Å². The molecule has 0 rings (SSSR count). The summed E-state index contributed by atoms with van der Waals surface area (Å²) in [5.41, 5.74) is 0. The van der Waals surface area contributed by atoms with Crippen molar-refractivity contribution < 1.29 is 16.8 Å². The maximum atomic E-state index is 10.9. The van der Waals surface area contributed by atoms with E-state index in [1.54, 1.807) is 22.6 Å². The van der Waals surface area contributed by atoms with E-state index in [9.17, 15) is 16.8 Å². The Morgan fingerprint density at radius 3 is 1.50 bits per heavy atom. The van der Waals surface area contributed by atoms with Crippen molar-refractivity contribution in [2.75, 3.05) is 12.5 Å². The molecule has 0 radical (unpaired) electrons. The third-order valence-electron chi connectivity index (χ3n) is 0.832. The number of hydrogen-bond acceptors (Lipinski definition) is 4. The molecule has 0 aromatic carbocycles. The molecule has 0 saturated heterocycles. The molecule has 5 nitrogen and oxygen atoms in total. The Morgan fingerprint density at radius 2 is 1.42 bits per heavy atom. The topological polar surface area (TPSA) is 71.5 Å². The normalized spacial score (nSPS) is 13.6. The van der Waals surface area contributed by atoms with Crippen LogP contribution in [0.5, 0.6) is 0 Å². The van der Waals surface area contributed by atoms with E-state index < -0.39 is 20.0 Å². The maximum absolute atomic E-state index is 10.9. The third-order valence-corrected chi connectivity index (χ3v) is 4.33. The van der Waals surface area contributed by atoms with Crippen LogP contribution in [-0.4, -0.2) is 33.1 Å². The van der Waals surface area contributed by atoms with Gasteiger partial charge in [0.2, 0.25) is 20.0 Å². The number of nitrogens with zero attached hydrogens (tertiary/aromatic N) is 1. The Kier molecular flexibility index (Phi) is 3.97. The molecule has 8 heteroatoms. The highest BCUT2D eigenvalue weighted by molar-refractivity contribution is 14.1. The van der Waals surface area contributed by atoms with Crippen molar-refractivity contribution in [2.24, 2.45) is 0 Å². The fraction of sp³-hybridized carbons (Fsp3) is 0.500. The van der Waals surface area contributed by atoms with Gasteiger partial charge in [-0.3, -0.25) is 0 Å². The van der Waals surface area contributed by atoms with Gasteiger partial charge in [0, 0.05) is 6.20 Å². The predicted octanol–water partition coefficient (Wildman–Crippen LogP) is 0.114. The van der Waals surface area contributed by atoms with Crippen molar-refractivity contribution in [1.29, 1.82) is 0 Å². The van der Waals surface area contributed by atoms with Gasteiger partial charge in [0.15, 0.2) is 0 Å². The summed E-state index contributed by atoms with van der Waals surface area (Å²) >= 11 is 1.73. The van der Waals surface area contributed by atoms with Gasteiger partial charge in [-0.1, -0.05) is 22.6 Å². The van der Waals surface area contributed by atoms with Gasteiger partial charge in [0.1, 0.15) is 0 Å². The van der Waals surface area contributed by atoms with Crippen LogP contribution in [0, 0.1) is 0 Å². The summed E-state index contributed by atoms with van der Waals surface area (Å²) in [7, 11) is -7.46. The summed E-state index contributed by atoms with van der Waals surface area (Å²) in [5, 5.41) is 0. The summed E-state index contributed by atoms with van der Waals surface area (Å²) in [5.74, 6) is 0. The quantitative estimate of drug-likeness (QED) is 0.691. The lowest BCUT2D eigenvalue weighted by molar-refractivity contribution is 0.545. The summed E-state index contributed by atoms with van der Waals surface area (Å²) in [6.07, 6.45) is 2.63. The average molecular weight is 325 g/mol. The van der Waals surface area contributed by atoms with Crippen molar-refractivity contribution >= 4 is 42.6 Å². The van der Waals surface area contributed by atoms with Gasteiger partial charge in [-0.05, 0) is 4.08 Å². The van der Waals surface area contributed by atoms with E-state index in [2.05, 4.69) is 0 Å². The lowest BCUT2D eigenvalue weighted by Gasteiger charge is -2.13. The Hall–Kier alpha value is 0.170. The average Bonchev–Trinajstić information content (AvgIpc) is 1.77. The minimum Gasteiger partial charge on any atom is -0.206 e. The first-order chi connectivity index (χ1) is 5.19. The first kappa shape index (κ1) is 12.2. The highest BCUT2D eigenvalue weighted by Gasteiger charge is 2.21. The van der Waals surface area contributed by atoms with Gasteiger partial charge < -0.3 is 0 Å². The number of sulfonamides is 2. The van der Waals surface area contributed by atoms with Gasteiger partial charge in [0.05, 0.1) is 12.5 Å². The molecule has 0 aliphatic rings. The fourth-order valence-electron chi connectivity index (χ4n) is 0.513. The maximum Gasteiger partial charge on any atom is 0.244 e. The van der Waals surface area contributed by atoms with Crippen molar-refractivity contribution in [1.82, 2.24) is 3.71 Å². The first-order valence-electron chi connectivity index (χ1n) is 2.66. The molecular formula is C4H8INO4S2. The van der Waals surface area contributed by atoms with Gasteiger partial charge in [-0.25, -0.2) is 16.8 Å². The van der Waals surface area contributed by atoms with Crippen LogP contribution >= 0.6 is 22.6 Å². The van der Waals surface area contributed by atoms with Crippen molar-refractivity contribution in [3.05, 3.63) is 10.3 Å². The molecule has 0 fully saturated rings. The van der Waals surface area contributed by atoms with Crippen LogP contribution in [0.4, 0.5) is 0 Å². The third kappa shape index (κ3) is 3.72. The molecule has 0 atom stereocenters. The SMILES string of the molecule is CS(=O)(=O)N(C=CI)S(C)(=O)=O. The molecule has 0 bridgehead atoms. The highest BCUT2D eigenvalue weighted by Crippen LogP contribution is 2.06. The van der Waals surface area contributed by atoms with Crippen molar-refractivity contribution in [2.45, 2.75) is 0 Å². The molecule has 0 heterocycles. The van der Waals surface area contributed by atoms with E-state index in [-0.39, 0.29) is 0 Å². The molecular weight excluding hydrogens is 317 g/mol. The smallest absolute Gasteiger partial charge is 0.206 e. The fourth-order valence-corrected chi connectivity index (χ4v) is 3.80. The Balaban J connectivity index is 5.26. The molecule has 0 spiro atoms. The van der Waals surface area contributed by atoms with Gasteiger partial charge in [0.25, 0.3) is 0 Å². The van der Waals surface area contributed by atoms with Crippen molar-refractivity contribution in [3.8, 4) is 0 Å². The largest absolute Gasteiger partial charge is 0.244 e. The minimum atomic E-state index is -3.73. The van der Waals surface area contributed by atoms with Crippen LogP contribution in [0.3, 0.4) is 0 Å². The monoisotopic (exact) mass is 325 g/mol.